The molecule has 0 bridgehead atoms. The second-order valence-corrected chi connectivity index (χ2v) is 4.41. The molecule has 0 unspecified atom stereocenters. The van der Waals surface area contributed by atoms with Crippen LogP contribution in [-0.4, -0.2) is 23.2 Å². The Labute approximate surface area is 105 Å². The van der Waals surface area contributed by atoms with Gasteiger partial charge in [0.15, 0.2) is 0 Å². The number of ether oxygens (including phenoxy) is 1. The molecule has 0 atom stereocenters. The number of carbonyl (C=O) groups is 2. The van der Waals surface area contributed by atoms with Crippen molar-refractivity contribution < 1.29 is 19.4 Å². The van der Waals surface area contributed by atoms with E-state index in [1.807, 2.05) is 30.3 Å². The second-order valence-electron chi connectivity index (χ2n) is 4.41. The molecular weight excluding hydrogens is 234 g/mol. The van der Waals surface area contributed by atoms with E-state index in [-0.39, 0.29) is 18.6 Å². The molecule has 5 nitrogen and oxygen atoms in total. The van der Waals surface area contributed by atoms with Gasteiger partial charge in [-0.2, -0.15) is 0 Å². The second kappa shape index (κ2) is 5.53. The molecular formula is C13H15NO4. The molecule has 18 heavy (non-hydrogen) atoms. The van der Waals surface area contributed by atoms with Crippen LogP contribution in [0.3, 0.4) is 0 Å². The summed E-state index contributed by atoms with van der Waals surface area (Å²) in [4.78, 5) is 22.0. The van der Waals surface area contributed by atoms with Gasteiger partial charge in [-0.1, -0.05) is 30.3 Å². The maximum Gasteiger partial charge on any atom is 0.407 e. The smallest absolute Gasteiger partial charge is 0.407 e. The van der Waals surface area contributed by atoms with Crippen molar-refractivity contribution in [2.45, 2.75) is 25.5 Å². The quantitative estimate of drug-likeness (QED) is 0.852. The van der Waals surface area contributed by atoms with Crippen molar-refractivity contribution in [1.82, 2.24) is 5.32 Å². The largest absolute Gasteiger partial charge is 0.481 e. The fourth-order valence-electron chi connectivity index (χ4n) is 1.87. The van der Waals surface area contributed by atoms with Crippen LogP contribution in [0.15, 0.2) is 30.3 Å². The predicted octanol–water partition coefficient (Wildman–Crippen LogP) is 1.78. The SMILES string of the molecule is O=C(N[C@H]1C[C@H](C(=O)O)C1)OCc1ccccc1. The van der Waals surface area contributed by atoms with Gasteiger partial charge in [-0.05, 0) is 18.4 Å². The van der Waals surface area contributed by atoms with Gasteiger partial charge in [0.1, 0.15) is 6.61 Å². The van der Waals surface area contributed by atoms with Crippen LogP contribution >= 0.6 is 0 Å². The standard InChI is InChI=1S/C13H15NO4/c15-12(16)10-6-11(7-10)14-13(17)18-8-9-4-2-1-3-5-9/h1-5,10-11H,6-8H2,(H,14,17)(H,15,16)/t10-,11-. The van der Waals surface area contributed by atoms with Crippen LogP contribution in [0.1, 0.15) is 18.4 Å². The Morgan fingerprint density at radius 3 is 2.56 bits per heavy atom. The molecule has 1 aromatic carbocycles. The van der Waals surface area contributed by atoms with Crippen LogP contribution in [0.2, 0.25) is 0 Å². The van der Waals surface area contributed by atoms with Gasteiger partial charge in [0.25, 0.3) is 0 Å². The highest BCUT2D eigenvalue weighted by molar-refractivity contribution is 5.72. The van der Waals surface area contributed by atoms with Crippen LogP contribution < -0.4 is 5.32 Å². The topological polar surface area (TPSA) is 75.6 Å². The summed E-state index contributed by atoms with van der Waals surface area (Å²) >= 11 is 0. The predicted molar refractivity (Wildman–Crippen MR) is 63.9 cm³/mol. The van der Waals surface area contributed by atoms with E-state index in [1.54, 1.807) is 0 Å². The number of amides is 1. The van der Waals surface area contributed by atoms with E-state index < -0.39 is 12.1 Å². The van der Waals surface area contributed by atoms with Gasteiger partial charge in [0.2, 0.25) is 0 Å². The Bertz CT molecular complexity index is 426. The van der Waals surface area contributed by atoms with Gasteiger partial charge in [-0.15, -0.1) is 0 Å². The summed E-state index contributed by atoms with van der Waals surface area (Å²) in [6.07, 6.45) is 0.471. The van der Waals surface area contributed by atoms with E-state index in [1.165, 1.54) is 0 Å². The lowest BCUT2D eigenvalue weighted by Gasteiger charge is -2.32. The van der Waals surface area contributed by atoms with Crippen molar-refractivity contribution in [1.29, 1.82) is 0 Å². The number of carboxylic acid groups (broad SMARTS) is 1. The minimum absolute atomic E-state index is 0.0747. The molecule has 1 amide bonds. The summed E-state index contributed by atoms with van der Waals surface area (Å²) in [5.41, 5.74) is 0.921. The molecule has 0 aliphatic heterocycles. The maximum atomic E-state index is 11.4. The van der Waals surface area contributed by atoms with Crippen LogP contribution in [-0.2, 0) is 16.1 Å². The van der Waals surface area contributed by atoms with Crippen LogP contribution in [0.25, 0.3) is 0 Å². The van der Waals surface area contributed by atoms with Gasteiger partial charge in [-0.3, -0.25) is 4.79 Å². The number of hydrogen-bond acceptors (Lipinski definition) is 3. The number of carbonyl (C=O) groups excluding carboxylic acids is 1. The van der Waals surface area contributed by atoms with Crippen molar-refractivity contribution in [2.24, 2.45) is 5.92 Å². The maximum absolute atomic E-state index is 11.4. The highest BCUT2D eigenvalue weighted by atomic mass is 16.5. The van der Waals surface area contributed by atoms with E-state index in [0.717, 1.165) is 5.56 Å². The summed E-state index contributed by atoms with van der Waals surface area (Å²) in [6, 6.07) is 9.31. The molecule has 0 saturated heterocycles. The zero-order valence-electron chi connectivity index (χ0n) is 9.83. The number of carboxylic acids is 1. The summed E-state index contributed by atoms with van der Waals surface area (Å²) in [5.74, 6) is -1.13. The Morgan fingerprint density at radius 2 is 1.94 bits per heavy atom. The van der Waals surface area contributed by atoms with Crippen LogP contribution in [0.4, 0.5) is 4.79 Å². The number of aliphatic carboxylic acids is 1. The Hall–Kier alpha value is -2.04. The number of alkyl carbamates (subject to hydrolysis) is 1. The van der Waals surface area contributed by atoms with Gasteiger partial charge in [0.05, 0.1) is 5.92 Å². The van der Waals surface area contributed by atoms with E-state index in [0.29, 0.717) is 12.8 Å². The first-order valence-electron chi connectivity index (χ1n) is 5.85. The number of benzene rings is 1. The van der Waals surface area contributed by atoms with E-state index >= 15 is 0 Å². The summed E-state index contributed by atoms with van der Waals surface area (Å²) in [6.45, 7) is 0.224. The van der Waals surface area contributed by atoms with E-state index in [9.17, 15) is 9.59 Å². The first-order valence-corrected chi connectivity index (χ1v) is 5.85. The molecule has 1 fully saturated rings. The molecule has 1 aliphatic carbocycles. The molecule has 5 heteroatoms. The van der Waals surface area contributed by atoms with Gasteiger partial charge in [-0.25, -0.2) is 4.79 Å². The zero-order chi connectivity index (χ0) is 13.0. The fraction of sp³-hybridized carbons (Fsp3) is 0.385. The summed E-state index contributed by atoms with van der Waals surface area (Å²) < 4.78 is 5.03. The number of nitrogens with one attached hydrogen (secondary N) is 1. The summed E-state index contributed by atoms with van der Waals surface area (Å²) in [5, 5.41) is 11.3. The van der Waals surface area contributed by atoms with Crippen LogP contribution in [0.5, 0.6) is 0 Å². The number of hydrogen-bond donors (Lipinski definition) is 2. The van der Waals surface area contributed by atoms with Crippen molar-refractivity contribution in [3.63, 3.8) is 0 Å². The van der Waals surface area contributed by atoms with E-state index in [4.69, 9.17) is 9.84 Å². The third-order valence-corrected chi connectivity index (χ3v) is 3.02. The Morgan fingerprint density at radius 1 is 1.28 bits per heavy atom. The van der Waals surface area contributed by atoms with Crippen molar-refractivity contribution in [3.8, 4) is 0 Å². The monoisotopic (exact) mass is 249 g/mol. The van der Waals surface area contributed by atoms with E-state index in [2.05, 4.69) is 5.32 Å². The minimum atomic E-state index is -0.800. The van der Waals surface area contributed by atoms with Gasteiger partial charge < -0.3 is 15.2 Å². The molecule has 1 aromatic rings. The molecule has 0 aromatic heterocycles. The third kappa shape index (κ3) is 3.23. The first kappa shape index (κ1) is 12.4. The lowest BCUT2D eigenvalue weighted by molar-refractivity contribution is -0.145. The lowest BCUT2D eigenvalue weighted by atomic mass is 9.80. The molecule has 0 heterocycles. The molecule has 2 rings (SSSR count). The molecule has 96 valence electrons. The highest BCUT2D eigenvalue weighted by Gasteiger charge is 2.35. The van der Waals surface area contributed by atoms with Crippen molar-refractivity contribution in [2.75, 3.05) is 0 Å². The third-order valence-electron chi connectivity index (χ3n) is 3.02. The normalized spacial score (nSPS) is 21.8. The number of rotatable bonds is 4. The molecule has 1 saturated carbocycles. The first-order chi connectivity index (χ1) is 8.65. The molecule has 2 N–H and O–H groups in total. The molecule has 0 radical (unpaired) electrons. The Kier molecular flexibility index (Phi) is 3.82. The van der Waals surface area contributed by atoms with Gasteiger partial charge in [0, 0.05) is 6.04 Å². The zero-order valence-corrected chi connectivity index (χ0v) is 9.83. The molecule has 0 spiro atoms. The minimum Gasteiger partial charge on any atom is -0.481 e. The average Bonchev–Trinajstić information content (AvgIpc) is 2.31. The van der Waals surface area contributed by atoms with Gasteiger partial charge >= 0.3 is 12.1 Å². The fourth-order valence-corrected chi connectivity index (χ4v) is 1.87. The lowest BCUT2D eigenvalue weighted by Crippen LogP contribution is -2.46. The highest BCUT2D eigenvalue weighted by Crippen LogP contribution is 2.27. The Balaban J connectivity index is 1.66. The van der Waals surface area contributed by atoms with Crippen LogP contribution in [0, 0.1) is 5.92 Å². The average molecular weight is 249 g/mol. The summed E-state index contributed by atoms with van der Waals surface area (Å²) in [7, 11) is 0. The molecule has 1 aliphatic rings. The van der Waals surface area contributed by atoms with Crippen molar-refractivity contribution in [3.05, 3.63) is 35.9 Å². The van der Waals surface area contributed by atoms with Crippen molar-refractivity contribution >= 4 is 12.1 Å².